The first-order chi connectivity index (χ1) is 14.1. The van der Waals surface area contributed by atoms with Crippen LogP contribution in [0.15, 0.2) is 41.0 Å². The van der Waals surface area contributed by atoms with Crippen molar-refractivity contribution in [1.29, 1.82) is 10.8 Å². The van der Waals surface area contributed by atoms with Gasteiger partial charge in [-0.1, -0.05) is 12.1 Å². The molecule has 0 radical (unpaired) electrons. The Morgan fingerprint density at radius 1 is 1.37 bits per heavy atom. The average molecular weight is 484 g/mol. The molecule has 0 atom stereocenters. The Balaban J connectivity index is 1.78. The zero-order valence-corrected chi connectivity index (χ0v) is 17.8. The molecular formula is C20H21BrF3N5O. The number of alkyl halides is 3. The Hall–Kier alpha value is -2.46. The van der Waals surface area contributed by atoms with E-state index in [2.05, 4.69) is 26.2 Å². The topological polar surface area (TPSA) is 85.1 Å². The molecule has 1 saturated heterocycles. The average Bonchev–Trinajstić information content (AvgIpc) is 2.68. The van der Waals surface area contributed by atoms with Crippen LogP contribution in [0, 0.1) is 10.8 Å². The maximum Gasteiger partial charge on any atom is 0.418 e. The summed E-state index contributed by atoms with van der Waals surface area (Å²) in [7, 11) is 1.64. The molecule has 1 aliphatic rings. The van der Waals surface area contributed by atoms with Gasteiger partial charge in [0, 0.05) is 35.2 Å². The first-order valence-corrected chi connectivity index (χ1v) is 9.88. The fourth-order valence-electron chi connectivity index (χ4n) is 3.24. The lowest BCUT2D eigenvalue weighted by Crippen LogP contribution is -2.49. The lowest BCUT2D eigenvalue weighted by molar-refractivity contribution is -0.138. The molecule has 160 valence electrons. The summed E-state index contributed by atoms with van der Waals surface area (Å²) in [4.78, 5) is 5.35. The zero-order valence-electron chi connectivity index (χ0n) is 16.2. The molecule has 3 N–H and O–H groups in total. The van der Waals surface area contributed by atoms with Gasteiger partial charge < -0.3 is 15.0 Å². The number of hydrogen-bond donors (Lipinski definition) is 3. The monoisotopic (exact) mass is 483 g/mol. The fourth-order valence-corrected chi connectivity index (χ4v) is 3.57. The number of benzene rings is 1. The fraction of sp³-hybridized carbons (Fsp3) is 0.350. The number of nitrogens with zero attached hydrogens (tertiary/aromatic N) is 2. The minimum Gasteiger partial charge on any atom is -0.379 e. The van der Waals surface area contributed by atoms with Gasteiger partial charge in [-0.15, -0.1) is 0 Å². The third-order valence-electron chi connectivity index (χ3n) is 5.06. The van der Waals surface area contributed by atoms with Gasteiger partial charge in [0.15, 0.2) is 0 Å². The number of anilines is 1. The minimum atomic E-state index is -4.50. The van der Waals surface area contributed by atoms with Crippen LogP contribution < -0.4 is 5.32 Å². The molecule has 0 unspecified atom stereocenters. The van der Waals surface area contributed by atoms with Gasteiger partial charge in [-0.3, -0.25) is 15.8 Å². The highest BCUT2D eigenvalue weighted by molar-refractivity contribution is 9.10. The molecule has 10 heteroatoms. The summed E-state index contributed by atoms with van der Waals surface area (Å²) < 4.78 is 45.6. The van der Waals surface area contributed by atoms with E-state index in [0.29, 0.717) is 31.2 Å². The summed E-state index contributed by atoms with van der Waals surface area (Å²) in [6, 6.07) is 8.41. The summed E-state index contributed by atoms with van der Waals surface area (Å²) in [6.45, 7) is 0.801. The summed E-state index contributed by atoms with van der Waals surface area (Å²) in [5, 5.41) is 18.5. The van der Waals surface area contributed by atoms with Crippen LogP contribution in [0.1, 0.15) is 23.2 Å². The van der Waals surface area contributed by atoms with Gasteiger partial charge in [-0.25, -0.2) is 0 Å². The summed E-state index contributed by atoms with van der Waals surface area (Å²) in [5.74, 6) is 0.292. The van der Waals surface area contributed by atoms with E-state index in [-0.39, 0.29) is 22.1 Å². The van der Waals surface area contributed by atoms with Crippen LogP contribution in [-0.2, 0) is 22.9 Å². The molecule has 1 aromatic heterocycles. The molecule has 3 rings (SSSR count). The van der Waals surface area contributed by atoms with Crippen LogP contribution in [-0.4, -0.2) is 42.3 Å². The van der Waals surface area contributed by atoms with Gasteiger partial charge in [0.1, 0.15) is 5.84 Å². The predicted octanol–water partition coefficient (Wildman–Crippen LogP) is 4.65. The summed E-state index contributed by atoms with van der Waals surface area (Å²) in [5.41, 5.74) is 0.323. The molecular weight excluding hydrogens is 463 g/mol. The van der Waals surface area contributed by atoms with Gasteiger partial charge in [0.05, 0.1) is 37.4 Å². The lowest BCUT2D eigenvalue weighted by atomic mass is 9.75. The van der Waals surface area contributed by atoms with Crippen molar-refractivity contribution >= 4 is 33.8 Å². The third kappa shape index (κ3) is 4.81. The summed E-state index contributed by atoms with van der Waals surface area (Å²) in [6.07, 6.45) is -1.68. The van der Waals surface area contributed by atoms with Gasteiger partial charge >= 0.3 is 6.18 Å². The van der Waals surface area contributed by atoms with E-state index < -0.39 is 11.7 Å². The number of rotatable bonds is 7. The highest BCUT2D eigenvalue weighted by Gasteiger charge is 2.42. The minimum absolute atomic E-state index is 0.0819. The zero-order chi connectivity index (χ0) is 21.9. The van der Waals surface area contributed by atoms with E-state index in [1.165, 1.54) is 11.1 Å². The molecule has 0 amide bonds. The molecule has 0 aliphatic carbocycles. The highest BCUT2D eigenvalue weighted by Crippen LogP contribution is 2.38. The Bertz CT molecular complexity index is 946. The molecule has 0 spiro atoms. The van der Waals surface area contributed by atoms with Crippen molar-refractivity contribution in [3.05, 3.63) is 57.8 Å². The molecule has 1 aliphatic heterocycles. The van der Waals surface area contributed by atoms with E-state index in [4.69, 9.17) is 15.6 Å². The molecule has 1 aromatic carbocycles. The van der Waals surface area contributed by atoms with Crippen LogP contribution >= 0.6 is 15.9 Å². The number of amidine groups is 1. The van der Waals surface area contributed by atoms with Crippen molar-refractivity contribution < 1.29 is 17.9 Å². The maximum atomic E-state index is 13.3. The molecule has 2 heterocycles. The van der Waals surface area contributed by atoms with Crippen molar-refractivity contribution in [3.8, 4) is 0 Å². The van der Waals surface area contributed by atoms with Gasteiger partial charge in [-0.05, 0) is 39.7 Å². The second-order valence-electron chi connectivity index (χ2n) is 7.22. The van der Waals surface area contributed by atoms with Crippen LogP contribution in [0.2, 0.25) is 0 Å². The predicted molar refractivity (Wildman–Crippen MR) is 112 cm³/mol. The van der Waals surface area contributed by atoms with Crippen LogP contribution in [0.5, 0.6) is 0 Å². The molecule has 6 nitrogen and oxygen atoms in total. The van der Waals surface area contributed by atoms with Crippen molar-refractivity contribution in [1.82, 2.24) is 9.88 Å². The normalized spacial score (nSPS) is 15.2. The Kier molecular flexibility index (Phi) is 6.47. The number of ether oxygens (including phenoxy) is 1. The van der Waals surface area contributed by atoms with Gasteiger partial charge in [-0.2, -0.15) is 13.2 Å². The third-order valence-corrected chi connectivity index (χ3v) is 5.49. The number of pyridine rings is 1. The SMILES string of the molecule is CN(C=N)C(=N)CC1(c2cccc(NCc3ncc(Br)cc3C(F)(F)F)c2)COC1. The molecule has 30 heavy (non-hydrogen) atoms. The Morgan fingerprint density at radius 3 is 2.70 bits per heavy atom. The highest BCUT2D eigenvalue weighted by atomic mass is 79.9. The van der Waals surface area contributed by atoms with E-state index in [1.807, 2.05) is 18.2 Å². The second kappa shape index (κ2) is 8.73. The number of halogens is 4. The van der Waals surface area contributed by atoms with Crippen molar-refractivity contribution in [2.75, 3.05) is 25.6 Å². The largest absolute Gasteiger partial charge is 0.418 e. The van der Waals surface area contributed by atoms with Gasteiger partial charge in [0.2, 0.25) is 0 Å². The summed E-state index contributed by atoms with van der Waals surface area (Å²) >= 11 is 3.04. The molecule has 0 saturated carbocycles. The van der Waals surface area contributed by atoms with Crippen LogP contribution in [0.4, 0.5) is 18.9 Å². The molecule has 2 aromatic rings. The van der Waals surface area contributed by atoms with Crippen molar-refractivity contribution in [3.63, 3.8) is 0 Å². The van der Waals surface area contributed by atoms with Crippen LogP contribution in [0.25, 0.3) is 0 Å². The first kappa shape index (κ1) is 22.2. The van der Waals surface area contributed by atoms with Crippen molar-refractivity contribution in [2.24, 2.45) is 0 Å². The maximum absolute atomic E-state index is 13.3. The quantitative estimate of drug-likeness (QED) is 0.395. The Labute approximate surface area is 180 Å². The van der Waals surface area contributed by atoms with Crippen molar-refractivity contribution in [2.45, 2.75) is 24.6 Å². The number of aromatic nitrogens is 1. The second-order valence-corrected chi connectivity index (χ2v) is 8.13. The molecule has 1 fully saturated rings. The van der Waals surface area contributed by atoms with E-state index >= 15 is 0 Å². The lowest BCUT2D eigenvalue weighted by Gasteiger charge is -2.43. The standard InChI is InChI=1S/C20H21BrF3N5O/c1-29(12-25)18(26)7-19(10-30-11-19)13-3-2-4-15(5-13)27-9-17-16(20(22,23)24)6-14(21)8-28-17/h2-6,8,12,25-27H,7,9-11H2,1H3. The van der Waals surface area contributed by atoms with E-state index in [0.717, 1.165) is 18.0 Å². The number of nitrogens with one attached hydrogen (secondary N) is 3. The smallest absolute Gasteiger partial charge is 0.379 e. The number of hydrogen-bond acceptors (Lipinski definition) is 5. The van der Waals surface area contributed by atoms with E-state index in [1.54, 1.807) is 13.1 Å². The van der Waals surface area contributed by atoms with Gasteiger partial charge in [0.25, 0.3) is 0 Å². The molecule has 0 bridgehead atoms. The van der Waals surface area contributed by atoms with E-state index in [9.17, 15) is 13.2 Å². The first-order valence-electron chi connectivity index (χ1n) is 9.09. The Morgan fingerprint density at radius 2 is 2.10 bits per heavy atom. The van der Waals surface area contributed by atoms with Crippen LogP contribution in [0.3, 0.4) is 0 Å².